The molecule has 1 unspecified atom stereocenters. The average Bonchev–Trinajstić information content (AvgIpc) is 2.77. The van der Waals surface area contributed by atoms with Crippen LogP contribution in [0.1, 0.15) is 45.0 Å². The van der Waals surface area contributed by atoms with E-state index in [4.69, 9.17) is 0 Å². The standard InChI is InChI=1S/C14H24F3N3/c1-4-11-9-13(20(6-3)19-11)10-12(18-5-2)7-8-14(15,16)17/h9,12,18H,4-8,10H2,1-3H3. The summed E-state index contributed by atoms with van der Waals surface area (Å²) in [5.74, 6) is 0. The van der Waals surface area contributed by atoms with E-state index >= 15 is 0 Å². The molecule has 1 aromatic rings. The van der Waals surface area contributed by atoms with Gasteiger partial charge in [-0.25, -0.2) is 0 Å². The number of nitrogens with zero attached hydrogens (tertiary/aromatic N) is 2. The molecule has 0 bridgehead atoms. The minimum Gasteiger partial charge on any atom is -0.314 e. The highest BCUT2D eigenvalue weighted by atomic mass is 19.4. The van der Waals surface area contributed by atoms with Crippen LogP contribution in [0.3, 0.4) is 0 Å². The quantitative estimate of drug-likeness (QED) is 0.796. The van der Waals surface area contributed by atoms with E-state index in [-0.39, 0.29) is 12.5 Å². The molecule has 6 heteroatoms. The van der Waals surface area contributed by atoms with Gasteiger partial charge in [-0.3, -0.25) is 4.68 Å². The third-order valence-corrected chi connectivity index (χ3v) is 3.30. The molecule has 0 aromatic carbocycles. The van der Waals surface area contributed by atoms with Crippen LogP contribution in [0.2, 0.25) is 0 Å². The van der Waals surface area contributed by atoms with Crippen LogP contribution < -0.4 is 5.32 Å². The Labute approximate surface area is 118 Å². The zero-order chi connectivity index (χ0) is 15.2. The molecule has 116 valence electrons. The van der Waals surface area contributed by atoms with Gasteiger partial charge in [0, 0.05) is 31.1 Å². The Kier molecular flexibility index (Phi) is 6.52. The number of rotatable bonds is 8. The van der Waals surface area contributed by atoms with Gasteiger partial charge < -0.3 is 5.32 Å². The summed E-state index contributed by atoms with van der Waals surface area (Å²) in [6, 6.07) is 1.84. The van der Waals surface area contributed by atoms with Gasteiger partial charge in [0.25, 0.3) is 0 Å². The molecule has 0 amide bonds. The number of aryl methyl sites for hydroxylation is 2. The van der Waals surface area contributed by atoms with Gasteiger partial charge in [0.05, 0.1) is 5.69 Å². The molecular weight excluding hydrogens is 267 g/mol. The minimum absolute atomic E-state index is 0.105. The molecule has 0 aliphatic heterocycles. The topological polar surface area (TPSA) is 29.9 Å². The Morgan fingerprint density at radius 1 is 1.30 bits per heavy atom. The maximum Gasteiger partial charge on any atom is 0.389 e. The van der Waals surface area contributed by atoms with E-state index < -0.39 is 12.6 Å². The third kappa shape index (κ3) is 5.53. The molecule has 0 saturated heterocycles. The SMILES string of the molecule is CCNC(CCC(F)(F)F)Cc1cc(CC)nn1CC. The van der Waals surface area contributed by atoms with Crippen molar-refractivity contribution in [2.24, 2.45) is 0 Å². The number of alkyl halides is 3. The maximum absolute atomic E-state index is 12.4. The van der Waals surface area contributed by atoms with E-state index in [0.29, 0.717) is 13.0 Å². The molecule has 1 rings (SSSR count). The van der Waals surface area contributed by atoms with Gasteiger partial charge in [0.1, 0.15) is 0 Å². The van der Waals surface area contributed by atoms with Crippen molar-refractivity contribution in [3.05, 3.63) is 17.5 Å². The van der Waals surface area contributed by atoms with Crippen LogP contribution in [0.4, 0.5) is 13.2 Å². The summed E-state index contributed by atoms with van der Waals surface area (Å²) in [4.78, 5) is 0. The van der Waals surface area contributed by atoms with Crippen molar-refractivity contribution in [2.45, 2.75) is 65.2 Å². The summed E-state index contributed by atoms with van der Waals surface area (Å²) < 4.78 is 38.9. The predicted molar refractivity (Wildman–Crippen MR) is 73.7 cm³/mol. The van der Waals surface area contributed by atoms with Gasteiger partial charge >= 0.3 is 6.18 Å². The monoisotopic (exact) mass is 291 g/mol. The first-order valence-electron chi connectivity index (χ1n) is 7.25. The van der Waals surface area contributed by atoms with E-state index in [2.05, 4.69) is 10.4 Å². The van der Waals surface area contributed by atoms with Gasteiger partial charge in [0.2, 0.25) is 0 Å². The van der Waals surface area contributed by atoms with E-state index in [1.165, 1.54) is 0 Å². The van der Waals surface area contributed by atoms with Crippen LogP contribution in [0.25, 0.3) is 0 Å². The first-order chi connectivity index (χ1) is 9.39. The lowest BCUT2D eigenvalue weighted by molar-refractivity contribution is -0.136. The maximum atomic E-state index is 12.4. The molecule has 0 aliphatic carbocycles. The fourth-order valence-electron chi connectivity index (χ4n) is 2.28. The molecule has 0 aliphatic rings. The summed E-state index contributed by atoms with van der Waals surface area (Å²) in [5.41, 5.74) is 2.00. The van der Waals surface area contributed by atoms with E-state index in [0.717, 1.165) is 24.4 Å². The van der Waals surface area contributed by atoms with Crippen LogP contribution in [0.5, 0.6) is 0 Å². The second-order valence-corrected chi connectivity index (χ2v) is 4.91. The van der Waals surface area contributed by atoms with Crippen molar-refractivity contribution in [3.63, 3.8) is 0 Å². The third-order valence-electron chi connectivity index (χ3n) is 3.30. The molecule has 1 N–H and O–H groups in total. The molecule has 0 spiro atoms. The highest BCUT2D eigenvalue weighted by Crippen LogP contribution is 2.23. The lowest BCUT2D eigenvalue weighted by atomic mass is 10.0. The Hall–Kier alpha value is -1.04. The molecule has 0 fully saturated rings. The van der Waals surface area contributed by atoms with Crippen molar-refractivity contribution in [1.29, 1.82) is 0 Å². The first kappa shape index (κ1) is 17.0. The van der Waals surface area contributed by atoms with Crippen LogP contribution in [-0.4, -0.2) is 28.5 Å². The van der Waals surface area contributed by atoms with Crippen molar-refractivity contribution < 1.29 is 13.2 Å². The van der Waals surface area contributed by atoms with Gasteiger partial charge in [-0.15, -0.1) is 0 Å². The smallest absolute Gasteiger partial charge is 0.314 e. The summed E-state index contributed by atoms with van der Waals surface area (Å²) in [5, 5.41) is 7.58. The second-order valence-electron chi connectivity index (χ2n) is 4.91. The largest absolute Gasteiger partial charge is 0.389 e. The van der Waals surface area contributed by atoms with Crippen molar-refractivity contribution >= 4 is 0 Å². The fraction of sp³-hybridized carbons (Fsp3) is 0.786. The Morgan fingerprint density at radius 3 is 2.50 bits per heavy atom. The van der Waals surface area contributed by atoms with Crippen LogP contribution >= 0.6 is 0 Å². The lowest BCUT2D eigenvalue weighted by Crippen LogP contribution is -2.33. The second kappa shape index (κ2) is 7.67. The summed E-state index contributed by atoms with van der Waals surface area (Å²) in [6.45, 7) is 7.34. The summed E-state index contributed by atoms with van der Waals surface area (Å²) in [6.07, 6.45) is -3.30. The van der Waals surface area contributed by atoms with Gasteiger partial charge in [-0.05, 0) is 32.4 Å². The molecule has 3 nitrogen and oxygen atoms in total. The van der Waals surface area contributed by atoms with Crippen molar-refractivity contribution in [1.82, 2.24) is 15.1 Å². The molecular formula is C14H24F3N3. The molecule has 0 radical (unpaired) electrons. The zero-order valence-corrected chi connectivity index (χ0v) is 12.4. The number of halogens is 3. The molecule has 0 saturated carbocycles. The van der Waals surface area contributed by atoms with Crippen LogP contribution in [-0.2, 0) is 19.4 Å². The fourth-order valence-corrected chi connectivity index (χ4v) is 2.28. The Bertz CT molecular complexity index is 399. The highest BCUT2D eigenvalue weighted by Gasteiger charge is 2.28. The number of nitrogens with one attached hydrogen (secondary N) is 1. The Balaban J connectivity index is 2.71. The summed E-state index contributed by atoms with van der Waals surface area (Å²) in [7, 11) is 0. The first-order valence-corrected chi connectivity index (χ1v) is 7.25. The highest BCUT2D eigenvalue weighted by molar-refractivity contribution is 5.12. The van der Waals surface area contributed by atoms with Crippen molar-refractivity contribution in [2.75, 3.05) is 6.54 Å². The average molecular weight is 291 g/mol. The number of aromatic nitrogens is 2. The van der Waals surface area contributed by atoms with Gasteiger partial charge in [0.15, 0.2) is 0 Å². The van der Waals surface area contributed by atoms with Gasteiger partial charge in [-0.1, -0.05) is 13.8 Å². The Morgan fingerprint density at radius 2 is 2.00 bits per heavy atom. The lowest BCUT2D eigenvalue weighted by Gasteiger charge is -2.19. The van der Waals surface area contributed by atoms with E-state index in [1.807, 2.05) is 31.5 Å². The molecule has 20 heavy (non-hydrogen) atoms. The number of hydrogen-bond donors (Lipinski definition) is 1. The number of likely N-dealkylation sites (N-methyl/N-ethyl adjacent to an activating group) is 1. The van der Waals surface area contributed by atoms with E-state index in [9.17, 15) is 13.2 Å². The van der Waals surface area contributed by atoms with Crippen molar-refractivity contribution in [3.8, 4) is 0 Å². The van der Waals surface area contributed by atoms with E-state index in [1.54, 1.807) is 0 Å². The summed E-state index contributed by atoms with van der Waals surface area (Å²) >= 11 is 0. The molecule has 1 aromatic heterocycles. The molecule has 1 heterocycles. The van der Waals surface area contributed by atoms with Crippen LogP contribution in [0.15, 0.2) is 6.07 Å². The van der Waals surface area contributed by atoms with Gasteiger partial charge in [-0.2, -0.15) is 18.3 Å². The van der Waals surface area contributed by atoms with Crippen LogP contribution in [0, 0.1) is 0 Å². The minimum atomic E-state index is -4.09. The zero-order valence-electron chi connectivity index (χ0n) is 12.4. The predicted octanol–water partition coefficient (Wildman–Crippen LogP) is 3.33. The normalized spacial score (nSPS) is 13.7. The number of hydrogen-bond acceptors (Lipinski definition) is 2. The molecule has 1 atom stereocenters.